The number of carbonyl (C=O) groups is 1. The van der Waals surface area contributed by atoms with Gasteiger partial charge in [-0.15, -0.1) is 0 Å². The number of nitrogen functional groups attached to an aromatic ring is 1. The van der Waals surface area contributed by atoms with Gasteiger partial charge in [-0.3, -0.25) is 0 Å². The lowest BCUT2D eigenvalue weighted by atomic mass is 10.1. The van der Waals surface area contributed by atoms with E-state index in [1.807, 2.05) is 18.2 Å². The first-order chi connectivity index (χ1) is 10.0. The van der Waals surface area contributed by atoms with E-state index < -0.39 is 5.97 Å². The molecule has 2 rings (SSSR count). The summed E-state index contributed by atoms with van der Waals surface area (Å²) in [6, 6.07) is 10.7. The normalized spacial score (nSPS) is 10.0. The quantitative estimate of drug-likeness (QED) is 0.651. The first-order valence-corrected chi connectivity index (χ1v) is 6.93. The van der Waals surface area contributed by atoms with Crippen LogP contribution in [-0.4, -0.2) is 20.2 Å². The van der Waals surface area contributed by atoms with E-state index in [4.69, 9.17) is 15.2 Å². The molecule has 0 atom stereocenters. The zero-order valence-corrected chi connectivity index (χ0v) is 13.2. The topological polar surface area (TPSA) is 73.6 Å². The fourth-order valence-electron chi connectivity index (χ4n) is 1.83. The molecule has 6 heteroatoms. The van der Waals surface area contributed by atoms with Crippen LogP contribution >= 0.6 is 15.9 Å². The Morgan fingerprint density at radius 1 is 1.14 bits per heavy atom. The molecule has 0 unspecified atom stereocenters. The Bertz CT molecular complexity index is 674. The molecule has 110 valence electrons. The highest BCUT2D eigenvalue weighted by molar-refractivity contribution is 9.10. The number of benzene rings is 2. The second-order valence-electron chi connectivity index (χ2n) is 4.27. The fraction of sp³-hybridized carbons (Fsp3) is 0.133. The molecule has 21 heavy (non-hydrogen) atoms. The summed E-state index contributed by atoms with van der Waals surface area (Å²) in [4.78, 5) is 11.6. The van der Waals surface area contributed by atoms with Crippen LogP contribution in [0.4, 0.5) is 17.1 Å². The average Bonchev–Trinajstić information content (AvgIpc) is 2.48. The van der Waals surface area contributed by atoms with E-state index in [-0.39, 0.29) is 0 Å². The molecule has 0 amide bonds. The van der Waals surface area contributed by atoms with Crippen molar-refractivity contribution in [1.82, 2.24) is 0 Å². The number of esters is 1. The van der Waals surface area contributed by atoms with Crippen LogP contribution in [0, 0.1) is 0 Å². The molecule has 0 saturated heterocycles. The maximum atomic E-state index is 11.6. The van der Waals surface area contributed by atoms with Crippen LogP contribution in [0.25, 0.3) is 0 Å². The van der Waals surface area contributed by atoms with Gasteiger partial charge in [-0.25, -0.2) is 4.79 Å². The van der Waals surface area contributed by atoms with Gasteiger partial charge < -0.3 is 20.5 Å². The average molecular weight is 351 g/mol. The van der Waals surface area contributed by atoms with E-state index in [2.05, 4.69) is 21.2 Å². The predicted molar refractivity (Wildman–Crippen MR) is 86.2 cm³/mol. The first-order valence-electron chi connectivity index (χ1n) is 6.13. The van der Waals surface area contributed by atoms with Crippen molar-refractivity contribution in [3.05, 3.63) is 46.4 Å². The minimum atomic E-state index is -0.466. The molecule has 0 aliphatic heterocycles. The lowest BCUT2D eigenvalue weighted by Crippen LogP contribution is -2.06. The second-order valence-corrected chi connectivity index (χ2v) is 5.12. The number of anilines is 3. The van der Waals surface area contributed by atoms with Crippen LogP contribution in [0.5, 0.6) is 5.75 Å². The molecular formula is C15H15BrN2O3. The standard InChI is InChI=1S/C15H15BrN2O3/c1-20-14-6-4-10(8-12(14)16)18-9-3-5-13(17)11(7-9)15(19)21-2/h3-8,18H,17H2,1-2H3. The first kappa shape index (κ1) is 15.2. The molecule has 5 nitrogen and oxygen atoms in total. The van der Waals surface area contributed by atoms with Crippen molar-refractivity contribution < 1.29 is 14.3 Å². The Kier molecular flexibility index (Phi) is 4.70. The van der Waals surface area contributed by atoms with Gasteiger partial charge in [-0.2, -0.15) is 0 Å². The highest BCUT2D eigenvalue weighted by Crippen LogP contribution is 2.30. The molecule has 0 saturated carbocycles. The van der Waals surface area contributed by atoms with Gasteiger partial charge in [0, 0.05) is 17.1 Å². The van der Waals surface area contributed by atoms with E-state index in [1.54, 1.807) is 25.3 Å². The van der Waals surface area contributed by atoms with Gasteiger partial charge in [0.25, 0.3) is 0 Å². The molecule has 0 heterocycles. The van der Waals surface area contributed by atoms with Gasteiger partial charge in [0.05, 0.1) is 24.3 Å². The summed E-state index contributed by atoms with van der Waals surface area (Å²) in [5.74, 6) is 0.278. The van der Waals surface area contributed by atoms with Crippen LogP contribution in [0.3, 0.4) is 0 Å². The molecule has 0 aliphatic rings. The smallest absolute Gasteiger partial charge is 0.340 e. The van der Waals surface area contributed by atoms with Gasteiger partial charge in [-0.05, 0) is 52.3 Å². The van der Waals surface area contributed by atoms with Crippen molar-refractivity contribution in [1.29, 1.82) is 0 Å². The van der Waals surface area contributed by atoms with E-state index >= 15 is 0 Å². The summed E-state index contributed by atoms with van der Waals surface area (Å²) in [6.07, 6.45) is 0. The van der Waals surface area contributed by atoms with Crippen LogP contribution in [0.2, 0.25) is 0 Å². The van der Waals surface area contributed by atoms with Gasteiger partial charge in [0.15, 0.2) is 0 Å². The molecule has 2 aromatic rings. The molecule has 0 fully saturated rings. The largest absolute Gasteiger partial charge is 0.496 e. The summed E-state index contributed by atoms with van der Waals surface area (Å²) in [5.41, 5.74) is 8.06. The number of hydrogen-bond donors (Lipinski definition) is 2. The summed E-state index contributed by atoms with van der Waals surface area (Å²) in [5, 5.41) is 3.19. The Labute approximate surface area is 131 Å². The SMILES string of the molecule is COC(=O)c1cc(Nc2ccc(OC)c(Br)c2)ccc1N. The number of nitrogens with one attached hydrogen (secondary N) is 1. The Morgan fingerprint density at radius 3 is 2.43 bits per heavy atom. The van der Waals surface area contributed by atoms with Gasteiger partial charge in [0.1, 0.15) is 5.75 Å². The molecule has 0 aliphatic carbocycles. The number of rotatable bonds is 4. The molecule has 0 bridgehead atoms. The molecular weight excluding hydrogens is 336 g/mol. The third-order valence-electron chi connectivity index (χ3n) is 2.90. The summed E-state index contributed by atoms with van der Waals surface area (Å²) < 4.78 is 10.7. The van der Waals surface area contributed by atoms with Gasteiger partial charge in [0.2, 0.25) is 0 Å². The maximum Gasteiger partial charge on any atom is 0.340 e. The minimum Gasteiger partial charge on any atom is -0.496 e. The number of halogens is 1. The van der Waals surface area contributed by atoms with E-state index in [9.17, 15) is 4.79 Å². The summed E-state index contributed by atoms with van der Waals surface area (Å²) in [6.45, 7) is 0. The molecule has 2 aromatic carbocycles. The van der Waals surface area contributed by atoms with Crippen molar-refractivity contribution >= 4 is 39.0 Å². The van der Waals surface area contributed by atoms with E-state index in [1.165, 1.54) is 7.11 Å². The van der Waals surface area contributed by atoms with Crippen molar-refractivity contribution in [3.8, 4) is 5.75 Å². The molecule has 0 aromatic heterocycles. The third-order valence-corrected chi connectivity index (χ3v) is 3.52. The summed E-state index contributed by atoms with van der Waals surface area (Å²) in [7, 11) is 2.93. The number of carbonyl (C=O) groups excluding carboxylic acids is 1. The molecule has 0 radical (unpaired) electrons. The summed E-state index contributed by atoms with van der Waals surface area (Å²) >= 11 is 3.42. The number of hydrogen-bond acceptors (Lipinski definition) is 5. The highest BCUT2D eigenvalue weighted by atomic mass is 79.9. The van der Waals surface area contributed by atoms with Crippen molar-refractivity contribution in [3.63, 3.8) is 0 Å². The van der Waals surface area contributed by atoms with Crippen LogP contribution in [0.1, 0.15) is 10.4 Å². The lowest BCUT2D eigenvalue weighted by molar-refractivity contribution is 0.0602. The Balaban J connectivity index is 2.27. The predicted octanol–water partition coefficient (Wildman–Crippen LogP) is 3.57. The number of methoxy groups -OCH3 is 2. The van der Waals surface area contributed by atoms with Crippen molar-refractivity contribution in [2.24, 2.45) is 0 Å². The Morgan fingerprint density at radius 2 is 1.81 bits per heavy atom. The van der Waals surface area contributed by atoms with Crippen molar-refractivity contribution in [2.75, 3.05) is 25.3 Å². The molecule has 3 N–H and O–H groups in total. The van der Waals surface area contributed by atoms with Crippen LogP contribution < -0.4 is 15.8 Å². The van der Waals surface area contributed by atoms with E-state index in [0.717, 1.165) is 21.6 Å². The van der Waals surface area contributed by atoms with Gasteiger partial charge in [-0.1, -0.05) is 0 Å². The highest BCUT2D eigenvalue weighted by Gasteiger charge is 2.11. The third kappa shape index (κ3) is 3.46. The fourth-order valence-corrected chi connectivity index (χ4v) is 2.37. The van der Waals surface area contributed by atoms with Crippen LogP contribution in [0.15, 0.2) is 40.9 Å². The number of nitrogens with two attached hydrogens (primary N) is 1. The van der Waals surface area contributed by atoms with Gasteiger partial charge >= 0.3 is 5.97 Å². The maximum absolute atomic E-state index is 11.6. The zero-order valence-electron chi connectivity index (χ0n) is 11.6. The lowest BCUT2D eigenvalue weighted by Gasteiger charge is -2.11. The van der Waals surface area contributed by atoms with Crippen molar-refractivity contribution in [2.45, 2.75) is 0 Å². The van der Waals surface area contributed by atoms with Crippen LogP contribution in [-0.2, 0) is 4.74 Å². The number of ether oxygens (including phenoxy) is 2. The van der Waals surface area contributed by atoms with E-state index in [0.29, 0.717) is 11.3 Å². The Hall–Kier alpha value is -2.21. The molecule has 0 spiro atoms. The minimum absolute atomic E-state index is 0.329. The zero-order chi connectivity index (χ0) is 15.4. The monoisotopic (exact) mass is 350 g/mol. The second kappa shape index (κ2) is 6.49.